The SMILES string of the molecule is CCC(NC)c1ccc(-c2cccc(C(=O)O)c2)cc1. The van der Waals surface area contributed by atoms with Crippen molar-refractivity contribution in [2.45, 2.75) is 19.4 Å². The average Bonchev–Trinajstić information content (AvgIpc) is 2.49. The minimum Gasteiger partial charge on any atom is -0.478 e. The van der Waals surface area contributed by atoms with E-state index < -0.39 is 5.97 Å². The minimum atomic E-state index is -0.898. The molecule has 0 aliphatic rings. The van der Waals surface area contributed by atoms with E-state index >= 15 is 0 Å². The highest BCUT2D eigenvalue weighted by atomic mass is 16.4. The highest BCUT2D eigenvalue weighted by Gasteiger charge is 2.08. The van der Waals surface area contributed by atoms with Gasteiger partial charge in [0.15, 0.2) is 0 Å². The monoisotopic (exact) mass is 269 g/mol. The lowest BCUT2D eigenvalue weighted by molar-refractivity contribution is 0.0697. The van der Waals surface area contributed by atoms with Gasteiger partial charge in [-0.3, -0.25) is 0 Å². The smallest absolute Gasteiger partial charge is 0.335 e. The molecule has 0 spiro atoms. The van der Waals surface area contributed by atoms with E-state index in [4.69, 9.17) is 5.11 Å². The van der Waals surface area contributed by atoms with Gasteiger partial charge in [0, 0.05) is 6.04 Å². The zero-order valence-corrected chi connectivity index (χ0v) is 11.8. The van der Waals surface area contributed by atoms with Crippen LogP contribution in [0.15, 0.2) is 48.5 Å². The molecule has 3 heteroatoms. The summed E-state index contributed by atoms with van der Waals surface area (Å²) in [5.74, 6) is -0.898. The number of carboxylic acids is 1. The molecule has 0 aliphatic heterocycles. The predicted octanol–water partition coefficient (Wildman–Crippen LogP) is 3.72. The summed E-state index contributed by atoms with van der Waals surface area (Å²) in [5.41, 5.74) is 3.51. The molecule has 0 heterocycles. The second kappa shape index (κ2) is 6.35. The van der Waals surface area contributed by atoms with Crippen molar-refractivity contribution in [1.82, 2.24) is 5.32 Å². The van der Waals surface area contributed by atoms with Gasteiger partial charge in [0.2, 0.25) is 0 Å². The molecule has 0 bridgehead atoms. The summed E-state index contributed by atoms with van der Waals surface area (Å²) in [6.07, 6.45) is 1.03. The van der Waals surface area contributed by atoms with E-state index in [0.29, 0.717) is 11.6 Å². The van der Waals surface area contributed by atoms with Gasteiger partial charge in [0.25, 0.3) is 0 Å². The van der Waals surface area contributed by atoms with Gasteiger partial charge in [0.1, 0.15) is 0 Å². The van der Waals surface area contributed by atoms with Crippen molar-refractivity contribution in [2.75, 3.05) is 7.05 Å². The largest absolute Gasteiger partial charge is 0.478 e. The molecule has 0 amide bonds. The summed E-state index contributed by atoms with van der Waals surface area (Å²) in [5, 5.41) is 12.3. The summed E-state index contributed by atoms with van der Waals surface area (Å²) in [7, 11) is 1.96. The zero-order chi connectivity index (χ0) is 14.5. The normalized spacial score (nSPS) is 12.1. The van der Waals surface area contributed by atoms with Gasteiger partial charge in [-0.2, -0.15) is 0 Å². The van der Waals surface area contributed by atoms with E-state index in [0.717, 1.165) is 17.5 Å². The van der Waals surface area contributed by atoms with Gasteiger partial charge in [-0.1, -0.05) is 43.3 Å². The Bertz CT molecular complexity index is 586. The van der Waals surface area contributed by atoms with Crippen LogP contribution in [0.25, 0.3) is 11.1 Å². The van der Waals surface area contributed by atoms with Crippen LogP contribution >= 0.6 is 0 Å². The topological polar surface area (TPSA) is 49.3 Å². The summed E-state index contributed by atoms with van der Waals surface area (Å²) in [4.78, 5) is 11.0. The standard InChI is InChI=1S/C17H19NO2/c1-3-16(18-2)13-9-7-12(8-10-13)14-5-4-6-15(11-14)17(19)20/h4-11,16,18H,3H2,1-2H3,(H,19,20). The molecule has 0 aliphatic carbocycles. The van der Waals surface area contributed by atoms with Crippen LogP contribution in [-0.2, 0) is 0 Å². The van der Waals surface area contributed by atoms with Crippen LogP contribution in [0, 0.1) is 0 Å². The molecule has 1 atom stereocenters. The van der Waals surface area contributed by atoms with E-state index in [2.05, 4.69) is 24.4 Å². The molecule has 0 saturated heterocycles. The summed E-state index contributed by atoms with van der Waals surface area (Å²) >= 11 is 0. The van der Waals surface area contributed by atoms with E-state index in [9.17, 15) is 4.79 Å². The summed E-state index contributed by atoms with van der Waals surface area (Å²) < 4.78 is 0. The van der Waals surface area contributed by atoms with Crippen molar-refractivity contribution in [2.24, 2.45) is 0 Å². The van der Waals surface area contributed by atoms with Crippen molar-refractivity contribution >= 4 is 5.97 Å². The van der Waals surface area contributed by atoms with Gasteiger partial charge in [-0.25, -0.2) is 4.79 Å². The Morgan fingerprint density at radius 3 is 2.40 bits per heavy atom. The molecule has 2 aromatic rings. The molecule has 3 nitrogen and oxygen atoms in total. The first-order valence-corrected chi connectivity index (χ1v) is 6.76. The van der Waals surface area contributed by atoms with E-state index in [1.165, 1.54) is 5.56 Å². The Labute approximate surface area is 119 Å². The van der Waals surface area contributed by atoms with E-state index in [1.807, 2.05) is 25.2 Å². The average molecular weight is 269 g/mol. The Morgan fingerprint density at radius 1 is 1.15 bits per heavy atom. The molecule has 1 unspecified atom stereocenters. The second-order valence-corrected chi connectivity index (χ2v) is 4.76. The van der Waals surface area contributed by atoms with Gasteiger partial charge < -0.3 is 10.4 Å². The molecular formula is C17H19NO2. The molecule has 104 valence electrons. The number of nitrogens with one attached hydrogen (secondary N) is 1. The molecule has 0 saturated carbocycles. The number of rotatable bonds is 5. The fourth-order valence-electron chi connectivity index (χ4n) is 2.35. The number of aromatic carboxylic acids is 1. The summed E-state index contributed by atoms with van der Waals surface area (Å²) in [6.45, 7) is 2.14. The fourth-order valence-corrected chi connectivity index (χ4v) is 2.35. The Hall–Kier alpha value is -2.13. The Balaban J connectivity index is 2.30. The zero-order valence-electron chi connectivity index (χ0n) is 11.8. The van der Waals surface area contributed by atoms with Gasteiger partial charge in [0.05, 0.1) is 5.56 Å². The lowest BCUT2D eigenvalue weighted by Gasteiger charge is -2.14. The van der Waals surface area contributed by atoms with Crippen LogP contribution in [0.5, 0.6) is 0 Å². The number of hydrogen-bond acceptors (Lipinski definition) is 2. The molecule has 2 aromatic carbocycles. The van der Waals surface area contributed by atoms with Crippen molar-refractivity contribution < 1.29 is 9.90 Å². The maximum absolute atomic E-state index is 11.0. The van der Waals surface area contributed by atoms with E-state index in [-0.39, 0.29) is 0 Å². The fraction of sp³-hybridized carbons (Fsp3) is 0.235. The van der Waals surface area contributed by atoms with Crippen molar-refractivity contribution in [3.63, 3.8) is 0 Å². The molecule has 20 heavy (non-hydrogen) atoms. The first-order valence-electron chi connectivity index (χ1n) is 6.76. The number of benzene rings is 2. The number of carboxylic acid groups (broad SMARTS) is 1. The number of hydrogen-bond donors (Lipinski definition) is 2. The predicted molar refractivity (Wildman–Crippen MR) is 80.9 cm³/mol. The minimum absolute atomic E-state index is 0.313. The third kappa shape index (κ3) is 3.06. The summed E-state index contributed by atoms with van der Waals surface area (Å²) in [6, 6.07) is 15.6. The van der Waals surface area contributed by atoms with Crippen LogP contribution in [0.1, 0.15) is 35.3 Å². The van der Waals surface area contributed by atoms with Crippen molar-refractivity contribution in [1.29, 1.82) is 0 Å². The lowest BCUT2D eigenvalue weighted by atomic mass is 9.98. The first-order chi connectivity index (χ1) is 9.65. The molecule has 0 fully saturated rings. The Kier molecular flexibility index (Phi) is 4.53. The van der Waals surface area contributed by atoms with Crippen LogP contribution in [0.2, 0.25) is 0 Å². The van der Waals surface area contributed by atoms with Crippen LogP contribution in [0.3, 0.4) is 0 Å². The van der Waals surface area contributed by atoms with Crippen molar-refractivity contribution in [3.8, 4) is 11.1 Å². The molecular weight excluding hydrogens is 250 g/mol. The number of carbonyl (C=O) groups is 1. The Morgan fingerprint density at radius 2 is 1.85 bits per heavy atom. The van der Waals surface area contributed by atoms with Crippen LogP contribution in [0.4, 0.5) is 0 Å². The molecule has 0 radical (unpaired) electrons. The third-order valence-corrected chi connectivity index (χ3v) is 3.51. The van der Waals surface area contributed by atoms with E-state index in [1.54, 1.807) is 18.2 Å². The highest BCUT2D eigenvalue weighted by Crippen LogP contribution is 2.24. The second-order valence-electron chi connectivity index (χ2n) is 4.76. The first kappa shape index (κ1) is 14.3. The van der Waals surface area contributed by atoms with Crippen molar-refractivity contribution in [3.05, 3.63) is 59.7 Å². The third-order valence-electron chi connectivity index (χ3n) is 3.51. The highest BCUT2D eigenvalue weighted by molar-refractivity contribution is 5.89. The quantitative estimate of drug-likeness (QED) is 0.869. The van der Waals surface area contributed by atoms with Gasteiger partial charge >= 0.3 is 5.97 Å². The maximum Gasteiger partial charge on any atom is 0.335 e. The maximum atomic E-state index is 11.0. The van der Waals surface area contributed by atoms with Crippen LogP contribution < -0.4 is 5.32 Å². The van der Waals surface area contributed by atoms with Crippen LogP contribution in [-0.4, -0.2) is 18.1 Å². The van der Waals surface area contributed by atoms with Gasteiger partial charge in [-0.15, -0.1) is 0 Å². The van der Waals surface area contributed by atoms with Gasteiger partial charge in [-0.05, 0) is 42.3 Å². The molecule has 2 N–H and O–H groups in total. The molecule has 0 aromatic heterocycles. The lowest BCUT2D eigenvalue weighted by Crippen LogP contribution is -2.14. The molecule has 2 rings (SSSR count).